The lowest BCUT2D eigenvalue weighted by atomic mass is 9.90. The van der Waals surface area contributed by atoms with Crippen LogP contribution in [0.1, 0.15) is 29.4 Å². The van der Waals surface area contributed by atoms with Gasteiger partial charge in [-0.25, -0.2) is 0 Å². The van der Waals surface area contributed by atoms with Gasteiger partial charge >= 0.3 is 0 Å². The van der Waals surface area contributed by atoms with Crippen LogP contribution in [0.2, 0.25) is 5.02 Å². The molecule has 0 aliphatic carbocycles. The molecule has 6 heteroatoms. The summed E-state index contributed by atoms with van der Waals surface area (Å²) in [5.74, 6) is -0.0515. The predicted octanol–water partition coefficient (Wildman–Crippen LogP) is 2.70. The Kier molecular flexibility index (Phi) is 5.25. The van der Waals surface area contributed by atoms with Gasteiger partial charge in [0, 0.05) is 5.54 Å². The number of amides is 1. The normalized spacial score (nSPS) is 18.2. The van der Waals surface area contributed by atoms with Gasteiger partial charge in [-0.3, -0.25) is 4.79 Å². The van der Waals surface area contributed by atoms with Crippen molar-refractivity contribution in [3.8, 4) is 0 Å². The molecule has 0 saturated carbocycles. The summed E-state index contributed by atoms with van der Waals surface area (Å²) in [6.07, 6.45) is 1.92. The molecule has 3 nitrogen and oxygen atoms in total. The van der Waals surface area contributed by atoms with Gasteiger partial charge in [0.2, 0.25) is 0 Å². The van der Waals surface area contributed by atoms with E-state index in [0.717, 1.165) is 25.9 Å². The third-order valence-electron chi connectivity index (χ3n) is 2.95. The van der Waals surface area contributed by atoms with E-state index in [1.165, 1.54) is 11.3 Å². The van der Waals surface area contributed by atoms with Crippen molar-refractivity contribution in [3.63, 3.8) is 0 Å². The first kappa shape index (κ1) is 14.8. The molecule has 17 heavy (non-hydrogen) atoms. The van der Waals surface area contributed by atoms with Crippen molar-refractivity contribution >= 4 is 41.3 Å². The van der Waals surface area contributed by atoms with E-state index >= 15 is 0 Å². The van der Waals surface area contributed by atoms with Crippen LogP contribution in [0.3, 0.4) is 0 Å². The van der Waals surface area contributed by atoms with Gasteiger partial charge < -0.3 is 10.6 Å². The van der Waals surface area contributed by atoms with Gasteiger partial charge in [-0.15, -0.1) is 23.7 Å². The molecule has 2 heterocycles. The Balaban J connectivity index is 0.00000144. The molecule has 1 aliphatic heterocycles. The zero-order chi connectivity index (χ0) is 11.6. The fourth-order valence-corrected chi connectivity index (χ4v) is 2.93. The van der Waals surface area contributed by atoms with Crippen LogP contribution in [0.5, 0.6) is 0 Å². The summed E-state index contributed by atoms with van der Waals surface area (Å²) in [5, 5.41) is 8.75. The van der Waals surface area contributed by atoms with E-state index in [0.29, 0.717) is 9.90 Å². The highest BCUT2D eigenvalue weighted by Crippen LogP contribution is 2.24. The molecule has 0 atom stereocenters. The lowest BCUT2D eigenvalue weighted by molar-refractivity contribution is 0.0892. The first-order chi connectivity index (χ1) is 7.61. The zero-order valence-corrected chi connectivity index (χ0v) is 12.0. The first-order valence-electron chi connectivity index (χ1n) is 5.37. The highest BCUT2D eigenvalue weighted by atomic mass is 35.5. The van der Waals surface area contributed by atoms with E-state index in [2.05, 4.69) is 17.6 Å². The fourth-order valence-electron chi connectivity index (χ4n) is 1.89. The van der Waals surface area contributed by atoms with Crippen LogP contribution < -0.4 is 10.6 Å². The third-order valence-corrected chi connectivity index (χ3v) is 4.29. The molecule has 0 radical (unpaired) electrons. The Morgan fingerprint density at radius 3 is 2.71 bits per heavy atom. The van der Waals surface area contributed by atoms with Gasteiger partial charge in [0.05, 0.1) is 5.02 Å². The number of thiophene rings is 1. The van der Waals surface area contributed by atoms with E-state index in [-0.39, 0.29) is 23.9 Å². The van der Waals surface area contributed by atoms with E-state index in [1.54, 1.807) is 6.07 Å². The number of piperidine rings is 1. The maximum atomic E-state index is 12.0. The largest absolute Gasteiger partial charge is 0.346 e. The number of halogens is 2. The molecule has 1 aliphatic rings. The Labute approximate surface area is 116 Å². The molecule has 0 bridgehead atoms. The van der Waals surface area contributed by atoms with Crippen molar-refractivity contribution < 1.29 is 4.79 Å². The first-order valence-corrected chi connectivity index (χ1v) is 6.63. The van der Waals surface area contributed by atoms with Crippen molar-refractivity contribution in [2.45, 2.75) is 25.3 Å². The second kappa shape index (κ2) is 6.05. The van der Waals surface area contributed by atoms with Crippen LogP contribution in [0.15, 0.2) is 11.4 Å². The van der Waals surface area contributed by atoms with Gasteiger partial charge in [-0.1, -0.05) is 11.6 Å². The van der Waals surface area contributed by atoms with Gasteiger partial charge in [-0.05, 0) is 44.3 Å². The lowest BCUT2D eigenvalue weighted by Gasteiger charge is -2.34. The van der Waals surface area contributed by atoms with Crippen LogP contribution in [0.25, 0.3) is 0 Å². The minimum Gasteiger partial charge on any atom is -0.346 e. The van der Waals surface area contributed by atoms with Crippen LogP contribution in [0.4, 0.5) is 0 Å². The maximum absolute atomic E-state index is 12.0. The molecule has 1 fully saturated rings. The average Bonchev–Trinajstić information content (AvgIpc) is 2.65. The minimum absolute atomic E-state index is 0. The van der Waals surface area contributed by atoms with Crippen molar-refractivity contribution in [2.75, 3.05) is 13.1 Å². The summed E-state index contributed by atoms with van der Waals surface area (Å²) in [4.78, 5) is 12.6. The molecular weight excluding hydrogens is 279 g/mol. The Bertz CT molecular complexity index is 389. The molecule has 96 valence electrons. The van der Waals surface area contributed by atoms with Gasteiger partial charge in [0.1, 0.15) is 4.88 Å². The number of carbonyl (C=O) groups is 1. The van der Waals surface area contributed by atoms with Gasteiger partial charge in [0.15, 0.2) is 0 Å². The average molecular weight is 295 g/mol. The Morgan fingerprint density at radius 1 is 1.53 bits per heavy atom. The van der Waals surface area contributed by atoms with Crippen LogP contribution in [-0.2, 0) is 0 Å². The summed E-state index contributed by atoms with van der Waals surface area (Å²) < 4.78 is 0. The SMILES string of the molecule is CC1(NC(=O)c2sccc2Cl)CCNCC1.Cl. The topological polar surface area (TPSA) is 41.1 Å². The number of nitrogens with one attached hydrogen (secondary N) is 2. The molecule has 2 rings (SSSR count). The molecule has 1 saturated heterocycles. The van der Waals surface area contributed by atoms with Crippen LogP contribution >= 0.6 is 35.3 Å². The third kappa shape index (κ3) is 3.58. The van der Waals surface area contributed by atoms with Gasteiger partial charge in [0.25, 0.3) is 5.91 Å². The molecule has 0 unspecified atom stereocenters. The summed E-state index contributed by atoms with van der Waals surface area (Å²) in [5.41, 5.74) is -0.102. The van der Waals surface area contributed by atoms with E-state index in [9.17, 15) is 4.79 Å². The Hall–Kier alpha value is -0.290. The van der Waals surface area contributed by atoms with Crippen molar-refractivity contribution in [2.24, 2.45) is 0 Å². The number of hydrogen-bond donors (Lipinski definition) is 2. The second-order valence-corrected chi connectivity index (χ2v) is 5.69. The quantitative estimate of drug-likeness (QED) is 0.881. The van der Waals surface area contributed by atoms with Crippen molar-refractivity contribution in [1.82, 2.24) is 10.6 Å². The van der Waals surface area contributed by atoms with E-state index in [4.69, 9.17) is 11.6 Å². The summed E-state index contributed by atoms with van der Waals surface area (Å²) >= 11 is 7.32. The highest BCUT2D eigenvalue weighted by Gasteiger charge is 2.29. The smallest absolute Gasteiger partial charge is 0.263 e. The van der Waals surface area contributed by atoms with E-state index in [1.807, 2.05) is 5.38 Å². The molecular formula is C11H16Cl2N2OS. The maximum Gasteiger partial charge on any atom is 0.263 e. The lowest BCUT2D eigenvalue weighted by Crippen LogP contribution is -2.52. The molecule has 1 amide bonds. The highest BCUT2D eigenvalue weighted by molar-refractivity contribution is 7.12. The van der Waals surface area contributed by atoms with Crippen molar-refractivity contribution in [1.29, 1.82) is 0 Å². The molecule has 2 N–H and O–H groups in total. The number of carbonyl (C=O) groups excluding carboxylic acids is 1. The van der Waals surface area contributed by atoms with Gasteiger partial charge in [-0.2, -0.15) is 0 Å². The minimum atomic E-state index is -0.102. The number of hydrogen-bond acceptors (Lipinski definition) is 3. The Morgan fingerprint density at radius 2 is 2.18 bits per heavy atom. The molecule has 1 aromatic rings. The summed E-state index contributed by atoms with van der Waals surface area (Å²) in [6.45, 7) is 4.00. The van der Waals surface area contributed by atoms with E-state index < -0.39 is 0 Å². The monoisotopic (exact) mass is 294 g/mol. The fraction of sp³-hybridized carbons (Fsp3) is 0.545. The summed E-state index contributed by atoms with van der Waals surface area (Å²) in [6, 6.07) is 1.76. The zero-order valence-electron chi connectivity index (χ0n) is 9.59. The standard InChI is InChI=1S/C11H15ClN2OS.ClH/c1-11(3-5-13-6-4-11)14-10(15)9-8(12)2-7-16-9;/h2,7,13H,3-6H2,1H3,(H,14,15);1H. The number of rotatable bonds is 2. The summed E-state index contributed by atoms with van der Waals surface area (Å²) in [7, 11) is 0. The molecule has 1 aromatic heterocycles. The van der Waals surface area contributed by atoms with Crippen molar-refractivity contribution in [3.05, 3.63) is 21.3 Å². The molecule has 0 aromatic carbocycles. The van der Waals surface area contributed by atoms with Crippen LogP contribution in [0, 0.1) is 0 Å². The predicted molar refractivity (Wildman–Crippen MR) is 74.6 cm³/mol. The second-order valence-electron chi connectivity index (χ2n) is 4.36. The molecule has 0 spiro atoms. The van der Waals surface area contributed by atoms with Crippen LogP contribution in [-0.4, -0.2) is 24.5 Å².